The van der Waals surface area contributed by atoms with Crippen LogP contribution in [0.1, 0.15) is 31.2 Å². The molecule has 0 aromatic heterocycles. The first-order chi connectivity index (χ1) is 10.6. The quantitative estimate of drug-likeness (QED) is 0.799. The molecule has 0 heterocycles. The van der Waals surface area contributed by atoms with Gasteiger partial charge in [0, 0.05) is 19.1 Å². The molecule has 1 aliphatic rings. The van der Waals surface area contributed by atoms with Crippen LogP contribution in [0.5, 0.6) is 0 Å². The van der Waals surface area contributed by atoms with Crippen LogP contribution in [0.4, 0.5) is 0 Å². The number of hydrogen-bond donors (Lipinski definition) is 2. The minimum Gasteiger partial charge on any atom is -0.395 e. The third kappa shape index (κ3) is 5.43. The molecule has 0 bridgehead atoms. The van der Waals surface area contributed by atoms with Crippen LogP contribution in [-0.2, 0) is 11.3 Å². The number of aliphatic hydroxyl groups excluding tert-OH is 1. The summed E-state index contributed by atoms with van der Waals surface area (Å²) in [5.41, 5.74) is 0.969. The van der Waals surface area contributed by atoms with Crippen LogP contribution < -0.4 is 5.32 Å². The second-order valence-corrected chi connectivity index (χ2v) is 6.55. The van der Waals surface area contributed by atoms with Gasteiger partial charge in [-0.1, -0.05) is 42.1 Å². The van der Waals surface area contributed by atoms with Gasteiger partial charge in [-0.05, 0) is 30.5 Å². The summed E-state index contributed by atoms with van der Waals surface area (Å²) in [6, 6.07) is 5.74. The number of hydrogen-bond acceptors (Lipinski definition) is 3. The number of halogens is 2. The molecule has 1 aromatic carbocycles. The summed E-state index contributed by atoms with van der Waals surface area (Å²) >= 11 is 11.9. The van der Waals surface area contributed by atoms with Gasteiger partial charge in [-0.25, -0.2) is 0 Å². The average molecular weight is 345 g/mol. The van der Waals surface area contributed by atoms with Crippen LogP contribution in [0.15, 0.2) is 18.2 Å². The van der Waals surface area contributed by atoms with Gasteiger partial charge >= 0.3 is 0 Å². The van der Waals surface area contributed by atoms with E-state index in [1.54, 1.807) is 12.1 Å². The predicted octanol–water partition coefficient (Wildman–Crippen LogP) is 2.85. The first kappa shape index (κ1) is 17.5. The minimum atomic E-state index is 0.0119. The molecule has 2 rings (SSSR count). The largest absolute Gasteiger partial charge is 0.395 e. The van der Waals surface area contributed by atoms with Crippen molar-refractivity contribution in [3.8, 4) is 0 Å². The third-order valence-electron chi connectivity index (χ3n) is 3.89. The fourth-order valence-corrected chi connectivity index (χ4v) is 3.12. The average Bonchev–Trinajstić information content (AvgIpc) is 2.96. The van der Waals surface area contributed by atoms with E-state index < -0.39 is 0 Å². The number of rotatable bonds is 7. The lowest BCUT2D eigenvalue weighted by Gasteiger charge is -2.22. The number of benzene rings is 1. The molecule has 0 unspecified atom stereocenters. The van der Waals surface area contributed by atoms with Gasteiger partial charge in [-0.3, -0.25) is 9.69 Å². The van der Waals surface area contributed by atoms with E-state index in [0.717, 1.165) is 18.4 Å². The van der Waals surface area contributed by atoms with Crippen LogP contribution in [0.3, 0.4) is 0 Å². The van der Waals surface area contributed by atoms with Gasteiger partial charge < -0.3 is 10.4 Å². The molecule has 0 radical (unpaired) electrons. The Morgan fingerprint density at radius 2 is 2.00 bits per heavy atom. The molecule has 4 nitrogen and oxygen atoms in total. The Balaban J connectivity index is 1.90. The maximum absolute atomic E-state index is 12.1. The SMILES string of the molecule is O=C(CN(CCO)Cc1ccc(Cl)c(Cl)c1)NC1CCCC1. The lowest BCUT2D eigenvalue weighted by molar-refractivity contribution is -0.123. The van der Waals surface area contributed by atoms with Gasteiger partial charge in [-0.2, -0.15) is 0 Å². The van der Waals surface area contributed by atoms with Crippen molar-refractivity contribution in [1.82, 2.24) is 10.2 Å². The standard InChI is InChI=1S/C16H22Cl2N2O2/c17-14-6-5-12(9-15(14)18)10-20(7-8-21)11-16(22)19-13-3-1-2-4-13/h5-6,9,13,21H,1-4,7-8,10-11H2,(H,19,22). The van der Waals surface area contributed by atoms with Crippen molar-refractivity contribution >= 4 is 29.1 Å². The fraction of sp³-hybridized carbons (Fsp3) is 0.562. The van der Waals surface area contributed by atoms with E-state index in [1.165, 1.54) is 12.8 Å². The molecule has 2 N–H and O–H groups in total. The van der Waals surface area contributed by atoms with Gasteiger partial charge in [0.05, 0.1) is 23.2 Å². The molecule has 1 amide bonds. The van der Waals surface area contributed by atoms with Gasteiger partial charge in [-0.15, -0.1) is 0 Å². The fourth-order valence-electron chi connectivity index (χ4n) is 2.80. The van der Waals surface area contributed by atoms with Crippen molar-refractivity contribution in [2.75, 3.05) is 19.7 Å². The zero-order valence-electron chi connectivity index (χ0n) is 12.5. The molecule has 22 heavy (non-hydrogen) atoms. The Kier molecular flexibility index (Phi) is 6.96. The molecule has 1 fully saturated rings. The summed E-state index contributed by atoms with van der Waals surface area (Å²) in [6.07, 6.45) is 4.51. The van der Waals surface area contributed by atoms with Crippen LogP contribution in [-0.4, -0.2) is 41.7 Å². The van der Waals surface area contributed by atoms with E-state index in [9.17, 15) is 9.90 Å². The van der Waals surface area contributed by atoms with Crippen LogP contribution in [0, 0.1) is 0 Å². The monoisotopic (exact) mass is 344 g/mol. The summed E-state index contributed by atoms with van der Waals surface area (Å²) in [5, 5.41) is 13.3. The van der Waals surface area contributed by atoms with Gasteiger partial charge in [0.15, 0.2) is 0 Å². The second kappa shape index (κ2) is 8.73. The summed E-state index contributed by atoms with van der Waals surface area (Å²) in [4.78, 5) is 14.0. The van der Waals surface area contributed by atoms with E-state index in [-0.39, 0.29) is 19.1 Å². The third-order valence-corrected chi connectivity index (χ3v) is 4.63. The van der Waals surface area contributed by atoms with E-state index in [0.29, 0.717) is 29.2 Å². The number of nitrogens with one attached hydrogen (secondary N) is 1. The molecular formula is C16H22Cl2N2O2. The smallest absolute Gasteiger partial charge is 0.234 e. The van der Waals surface area contributed by atoms with Gasteiger partial charge in [0.2, 0.25) is 5.91 Å². The van der Waals surface area contributed by atoms with E-state index >= 15 is 0 Å². The molecular weight excluding hydrogens is 323 g/mol. The van der Waals surface area contributed by atoms with E-state index in [1.807, 2.05) is 11.0 Å². The summed E-state index contributed by atoms with van der Waals surface area (Å²) in [7, 11) is 0. The van der Waals surface area contributed by atoms with Gasteiger partial charge in [0.25, 0.3) is 0 Å². The zero-order chi connectivity index (χ0) is 15.9. The maximum atomic E-state index is 12.1. The van der Waals surface area contributed by atoms with Crippen molar-refractivity contribution in [1.29, 1.82) is 0 Å². The molecule has 1 aliphatic carbocycles. The number of carbonyl (C=O) groups excluding carboxylic acids is 1. The normalized spacial score (nSPS) is 15.5. The summed E-state index contributed by atoms with van der Waals surface area (Å²) in [5.74, 6) is 0.0143. The minimum absolute atomic E-state index is 0.0119. The number of carbonyl (C=O) groups is 1. The molecule has 1 aromatic rings. The lowest BCUT2D eigenvalue weighted by Crippen LogP contribution is -2.41. The molecule has 122 valence electrons. The molecule has 0 saturated heterocycles. The summed E-state index contributed by atoms with van der Waals surface area (Å²) in [6.45, 7) is 1.28. The van der Waals surface area contributed by atoms with Crippen molar-refractivity contribution in [2.24, 2.45) is 0 Å². The van der Waals surface area contributed by atoms with E-state index in [4.69, 9.17) is 23.2 Å². The van der Waals surface area contributed by atoms with Crippen molar-refractivity contribution in [3.63, 3.8) is 0 Å². The second-order valence-electron chi connectivity index (χ2n) is 5.73. The highest BCUT2D eigenvalue weighted by molar-refractivity contribution is 6.42. The first-order valence-corrected chi connectivity index (χ1v) is 8.40. The zero-order valence-corrected chi connectivity index (χ0v) is 14.0. The highest BCUT2D eigenvalue weighted by atomic mass is 35.5. The Morgan fingerprint density at radius 3 is 2.64 bits per heavy atom. The number of aliphatic hydroxyl groups is 1. The Morgan fingerprint density at radius 1 is 1.27 bits per heavy atom. The molecule has 6 heteroatoms. The van der Waals surface area contributed by atoms with Crippen molar-refractivity contribution < 1.29 is 9.90 Å². The van der Waals surface area contributed by atoms with Crippen LogP contribution in [0.25, 0.3) is 0 Å². The van der Waals surface area contributed by atoms with Crippen molar-refractivity contribution in [3.05, 3.63) is 33.8 Å². The van der Waals surface area contributed by atoms with Gasteiger partial charge in [0.1, 0.15) is 0 Å². The predicted molar refractivity (Wildman–Crippen MR) is 89.2 cm³/mol. The van der Waals surface area contributed by atoms with Crippen LogP contribution in [0.2, 0.25) is 10.0 Å². The summed E-state index contributed by atoms with van der Waals surface area (Å²) < 4.78 is 0. The van der Waals surface area contributed by atoms with Crippen LogP contribution >= 0.6 is 23.2 Å². The molecule has 0 atom stereocenters. The molecule has 1 saturated carbocycles. The Labute approximate surface area is 141 Å². The lowest BCUT2D eigenvalue weighted by atomic mass is 10.2. The maximum Gasteiger partial charge on any atom is 0.234 e. The van der Waals surface area contributed by atoms with Crippen molar-refractivity contribution in [2.45, 2.75) is 38.3 Å². The number of amides is 1. The topological polar surface area (TPSA) is 52.6 Å². The van der Waals surface area contributed by atoms with E-state index in [2.05, 4.69) is 5.32 Å². The molecule has 0 spiro atoms. The molecule has 0 aliphatic heterocycles. The Hall–Kier alpha value is -0.810. The highest BCUT2D eigenvalue weighted by Crippen LogP contribution is 2.23. The highest BCUT2D eigenvalue weighted by Gasteiger charge is 2.18. The number of nitrogens with zero attached hydrogens (tertiary/aromatic N) is 1. The Bertz CT molecular complexity index is 505. The first-order valence-electron chi connectivity index (χ1n) is 7.65.